The number of halogens is 4. The summed E-state index contributed by atoms with van der Waals surface area (Å²) in [6, 6.07) is 6.14. The Kier molecular flexibility index (Phi) is 6.91. The molecule has 0 spiro atoms. The van der Waals surface area contributed by atoms with Crippen LogP contribution in [0.25, 0.3) is 5.69 Å². The molecule has 3 aromatic rings. The number of aromatic nitrogens is 4. The summed E-state index contributed by atoms with van der Waals surface area (Å²) in [6.45, 7) is 3.34. The van der Waals surface area contributed by atoms with E-state index in [-0.39, 0.29) is 24.3 Å². The summed E-state index contributed by atoms with van der Waals surface area (Å²) >= 11 is 0. The van der Waals surface area contributed by atoms with E-state index >= 15 is 0 Å². The quantitative estimate of drug-likeness (QED) is 0.498. The van der Waals surface area contributed by atoms with E-state index in [1.54, 1.807) is 19.9 Å². The van der Waals surface area contributed by atoms with E-state index < -0.39 is 35.4 Å². The zero-order chi connectivity index (χ0) is 24.2. The molecule has 0 saturated carbocycles. The summed E-state index contributed by atoms with van der Waals surface area (Å²) in [7, 11) is 0. The predicted octanol–water partition coefficient (Wildman–Crippen LogP) is 3.62. The lowest BCUT2D eigenvalue weighted by Gasteiger charge is -2.28. The number of pyridine rings is 1. The molecule has 0 aliphatic rings. The molecule has 0 saturated heterocycles. The maximum atomic E-state index is 14.0. The molecule has 2 heterocycles. The van der Waals surface area contributed by atoms with Crippen LogP contribution >= 0.6 is 0 Å². The number of amides is 1. The maximum Gasteiger partial charge on any atom is 0.417 e. The van der Waals surface area contributed by atoms with Gasteiger partial charge in [0.2, 0.25) is 5.88 Å². The monoisotopic (exact) mass is 462 g/mol. The highest BCUT2D eigenvalue weighted by Gasteiger charge is 2.32. The van der Waals surface area contributed by atoms with Crippen molar-refractivity contribution in [2.75, 3.05) is 13.2 Å². The molecule has 33 heavy (non-hydrogen) atoms. The fourth-order valence-electron chi connectivity index (χ4n) is 3.08. The van der Waals surface area contributed by atoms with Crippen molar-refractivity contribution < 1.29 is 27.1 Å². The van der Waals surface area contributed by atoms with Crippen LogP contribution in [0.4, 0.5) is 17.6 Å². The molecule has 8 nitrogen and oxygen atoms in total. The average molecular weight is 462 g/mol. The summed E-state index contributed by atoms with van der Waals surface area (Å²) in [6.07, 6.45) is -1.38. The highest BCUT2D eigenvalue weighted by atomic mass is 19.4. The van der Waals surface area contributed by atoms with Crippen molar-refractivity contribution in [2.45, 2.75) is 26.1 Å². The first-order valence-electron chi connectivity index (χ1n) is 9.73. The van der Waals surface area contributed by atoms with Gasteiger partial charge in [-0.1, -0.05) is 0 Å². The largest absolute Gasteiger partial charge is 0.473 e. The highest BCUT2D eigenvalue weighted by molar-refractivity contribution is 5.98. The second-order valence-electron chi connectivity index (χ2n) is 6.92. The third-order valence-electron chi connectivity index (χ3n) is 4.72. The van der Waals surface area contributed by atoms with Crippen molar-refractivity contribution >= 4 is 5.91 Å². The van der Waals surface area contributed by atoms with Crippen LogP contribution in [0.3, 0.4) is 0 Å². The Morgan fingerprint density at radius 2 is 1.97 bits per heavy atom. The Bertz CT molecular complexity index is 1170. The van der Waals surface area contributed by atoms with Gasteiger partial charge in [-0.15, -0.1) is 0 Å². The van der Waals surface area contributed by atoms with Crippen molar-refractivity contribution in [1.29, 1.82) is 5.26 Å². The third-order valence-corrected chi connectivity index (χ3v) is 4.72. The van der Waals surface area contributed by atoms with Gasteiger partial charge in [-0.25, -0.2) is 9.37 Å². The molecular weight excluding hydrogens is 444 g/mol. The Balaban J connectivity index is 1.81. The van der Waals surface area contributed by atoms with Gasteiger partial charge in [0.15, 0.2) is 5.82 Å². The van der Waals surface area contributed by atoms with Crippen molar-refractivity contribution in [3.05, 3.63) is 65.4 Å². The van der Waals surface area contributed by atoms with E-state index in [2.05, 4.69) is 15.2 Å². The van der Waals surface area contributed by atoms with Crippen molar-refractivity contribution in [3.8, 4) is 17.6 Å². The van der Waals surface area contributed by atoms with Crippen LogP contribution in [0.1, 0.15) is 35.3 Å². The number of rotatable bonds is 7. The Morgan fingerprint density at radius 1 is 1.27 bits per heavy atom. The first-order chi connectivity index (χ1) is 15.7. The molecule has 0 radical (unpaired) electrons. The van der Waals surface area contributed by atoms with Crippen LogP contribution < -0.4 is 4.74 Å². The molecule has 3 rings (SSSR count). The SMILES string of the molecule is CCN(C(=O)c1cc(C#N)ccc1-n1nccn1)C(C)COc1ncc(C(F)(F)F)cc1F. The van der Waals surface area contributed by atoms with Crippen LogP contribution in [0.5, 0.6) is 5.88 Å². The highest BCUT2D eigenvalue weighted by Crippen LogP contribution is 2.30. The smallest absolute Gasteiger partial charge is 0.417 e. The van der Waals surface area contributed by atoms with Crippen LogP contribution in [0.15, 0.2) is 42.9 Å². The first-order valence-corrected chi connectivity index (χ1v) is 9.73. The molecule has 0 aliphatic carbocycles. The minimum Gasteiger partial charge on any atom is -0.473 e. The molecular formula is C21H18F4N6O2. The van der Waals surface area contributed by atoms with Gasteiger partial charge in [0, 0.05) is 12.7 Å². The number of nitrogens with zero attached hydrogens (tertiary/aromatic N) is 6. The van der Waals surface area contributed by atoms with Gasteiger partial charge in [-0.3, -0.25) is 4.79 Å². The lowest BCUT2D eigenvalue weighted by atomic mass is 10.1. The lowest BCUT2D eigenvalue weighted by Crippen LogP contribution is -2.42. The fraction of sp³-hybridized carbons (Fsp3) is 0.286. The number of likely N-dealkylation sites (N-methyl/N-ethyl adjacent to an activating group) is 1. The molecule has 1 unspecified atom stereocenters. The molecule has 1 amide bonds. The number of hydrogen-bond acceptors (Lipinski definition) is 6. The van der Waals surface area contributed by atoms with E-state index in [0.717, 1.165) is 0 Å². The van der Waals surface area contributed by atoms with Gasteiger partial charge in [0.25, 0.3) is 5.91 Å². The van der Waals surface area contributed by atoms with Gasteiger partial charge in [0.05, 0.1) is 46.9 Å². The zero-order valence-electron chi connectivity index (χ0n) is 17.5. The van der Waals surface area contributed by atoms with Gasteiger partial charge < -0.3 is 9.64 Å². The molecule has 172 valence electrons. The molecule has 1 aromatic carbocycles. The van der Waals surface area contributed by atoms with Crippen molar-refractivity contribution in [1.82, 2.24) is 24.9 Å². The molecule has 0 bridgehead atoms. The van der Waals surface area contributed by atoms with E-state index in [0.29, 0.717) is 18.0 Å². The molecule has 0 N–H and O–H groups in total. The molecule has 12 heteroatoms. The number of carbonyl (C=O) groups excluding carboxylic acids is 1. The number of hydrogen-bond donors (Lipinski definition) is 0. The standard InChI is InChI=1S/C21H18F4N6O2/c1-3-30(13(2)12-33-19-17(22)9-15(11-27-19)21(23,24)25)20(32)16-8-14(10-26)4-5-18(16)31-28-6-7-29-31/h4-9,11,13H,3,12H2,1-2H3. The number of alkyl halides is 3. The molecule has 0 aliphatic heterocycles. The van der Waals surface area contributed by atoms with Gasteiger partial charge in [0.1, 0.15) is 6.61 Å². The van der Waals surface area contributed by atoms with Gasteiger partial charge in [-0.2, -0.15) is 33.4 Å². The average Bonchev–Trinajstić information content (AvgIpc) is 3.32. The Hall–Kier alpha value is -4.01. The first kappa shape index (κ1) is 23.6. The van der Waals surface area contributed by atoms with Crippen molar-refractivity contribution in [2.24, 2.45) is 0 Å². The predicted molar refractivity (Wildman–Crippen MR) is 107 cm³/mol. The zero-order valence-corrected chi connectivity index (χ0v) is 17.5. The number of nitriles is 1. The summed E-state index contributed by atoms with van der Waals surface area (Å²) in [5, 5.41) is 17.3. The normalized spacial score (nSPS) is 12.2. The second-order valence-corrected chi connectivity index (χ2v) is 6.92. The number of carbonyl (C=O) groups is 1. The van der Waals surface area contributed by atoms with Gasteiger partial charge >= 0.3 is 6.18 Å². The second kappa shape index (κ2) is 9.64. The summed E-state index contributed by atoms with van der Waals surface area (Å²) in [4.78, 5) is 19.4. The summed E-state index contributed by atoms with van der Waals surface area (Å²) in [5.74, 6) is -2.33. The lowest BCUT2D eigenvalue weighted by molar-refractivity contribution is -0.138. The van der Waals surface area contributed by atoms with E-state index in [1.807, 2.05) is 6.07 Å². The minimum atomic E-state index is -4.73. The van der Waals surface area contributed by atoms with Crippen LogP contribution in [0.2, 0.25) is 0 Å². The topological polar surface area (TPSA) is 96.9 Å². The van der Waals surface area contributed by atoms with E-state index in [1.165, 1.54) is 34.2 Å². The van der Waals surface area contributed by atoms with E-state index in [9.17, 15) is 27.6 Å². The summed E-state index contributed by atoms with van der Waals surface area (Å²) < 4.78 is 57.3. The van der Waals surface area contributed by atoms with Crippen LogP contribution in [-0.2, 0) is 6.18 Å². The molecule has 0 fully saturated rings. The number of ether oxygens (including phenoxy) is 1. The number of benzene rings is 1. The fourth-order valence-corrected chi connectivity index (χ4v) is 3.08. The Labute approximate surface area is 186 Å². The molecule has 2 aromatic heterocycles. The van der Waals surface area contributed by atoms with Gasteiger partial charge in [-0.05, 0) is 38.1 Å². The van der Waals surface area contributed by atoms with Crippen molar-refractivity contribution in [3.63, 3.8) is 0 Å². The third kappa shape index (κ3) is 5.25. The van der Waals surface area contributed by atoms with E-state index in [4.69, 9.17) is 4.74 Å². The van der Waals surface area contributed by atoms with Crippen LogP contribution in [-0.4, -0.2) is 50.0 Å². The maximum absolute atomic E-state index is 14.0. The minimum absolute atomic E-state index is 0.165. The summed E-state index contributed by atoms with van der Waals surface area (Å²) in [5.41, 5.74) is -0.461. The van der Waals surface area contributed by atoms with Crippen LogP contribution in [0, 0.1) is 17.1 Å². The Morgan fingerprint density at radius 3 is 2.55 bits per heavy atom. The molecule has 1 atom stereocenters.